The van der Waals surface area contributed by atoms with Crippen LogP contribution >= 0.6 is 0 Å². The Labute approximate surface area is 118 Å². The van der Waals surface area contributed by atoms with E-state index in [1.807, 2.05) is 0 Å². The third-order valence-electron chi connectivity index (χ3n) is 4.88. The topological polar surface area (TPSA) is 26.0 Å². The Bertz CT molecular complexity index is 376. The Morgan fingerprint density at radius 3 is 2.16 bits per heavy atom. The van der Waals surface area contributed by atoms with Crippen molar-refractivity contribution < 1.29 is 0 Å². The van der Waals surface area contributed by atoms with Crippen LogP contribution in [0.15, 0.2) is 30.3 Å². The minimum atomic E-state index is -0.126. The normalized spacial score (nSPS) is 30.8. The van der Waals surface area contributed by atoms with Crippen LogP contribution in [0.4, 0.5) is 0 Å². The van der Waals surface area contributed by atoms with Crippen LogP contribution in [0.2, 0.25) is 0 Å². The van der Waals surface area contributed by atoms with Crippen molar-refractivity contribution in [1.82, 2.24) is 0 Å². The molecule has 19 heavy (non-hydrogen) atoms. The Hall–Kier alpha value is -0.820. The summed E-state index contributed by atoms with van der Waals surface area (Å²) in [7, 11) is 0. The maximum atomic E-state index is 6.93. The monoisotopic (exact) mass is 259 g/mol. The maximum absolute atomic E-state index is 6.93. The summed E-state index contributed by atoms with van der Waals surface area (Å²) in [6.07, 6.45) is 6.20. The van der Waals surface area contributed by atoms with E-state index in [0.717, 1.165) is 24.7 Å². The molecule has 0 heterocycles. The number of nitrogens with two attached hydrogens (primary N) is 1. The second kappa shape index (κ2) is 6.09. The van der Waals surface area contributed by atoms with Crippen LogP contribution in [-0.2, 0) is 5.54 Å². The van der Waals surface area contributed by atoms with Crippen molar-refractivity contribution >= 4 is 0 Å². The molecule has 1 aromatic rings. The molecule has 1 fully saturated rings. The molecule has 0 aromatic heterocycles. The Balaban J connectivity index is 2.28. The molecular weight excluding hydrogens is 230 g/mol. The van der Waals surface area contributed by atoms with Gasteiger partial charge in [-0.15, -0.1) is 0 Å². The number of rotatable bonds is 4. The predicted octanol–water partition coefficient (Wildman–Crippen LogP) is 4.71. The molecule has 106 valence electrons. The third-order valence-corrected chi connectivity index (χ3v) is 4.88. The summed E-state index contributed by atoms with van der Waals surface area (Å²) in [5, 5.41) is 0. The number of benzene rings is 1. The lowest BCUT2D eigenvalue weighted by Gasteiger charge is -2.44. The second-order valence-corrected chi connectivity index (χ2v) is 6.77. The SMILES string of the molecule is CCCC(N)(c1ccccc1)C1CC(C)CC(C)C1. The Morgan fingerprint density at radius 1 is 1.05 bits per heavy atom. The van der Waals surface area contributed by atoms with Crippen LogP contribution < -0.4 is 5.73 Å². The van der Waals surface area contributed by atoms with Crippen molar-refractivity contribution in [3.8, 4) is 0 Å². The minimum absolute atomic E-state index is 0.126. The zero-order chi connectivity index (χ0) is 13.9. The fraction of sp³-hybridized carbons (Fsp3) is 0.667. The van der Waals surface area contributed by atoms with Crippen LogP contribution in [0, 0.1) is 17.8 Å². The van der Waals surface area contributed by atoms with Gasteiger partial charge in [0.25, 0.3) is 0 Å². The average Bonchev–Trinajstić information content (AvgIpc) is 2.39. The molecule has 2 N–H and O–H groups in total. The molecule has 0 aliphatic heterocycles. The van der Waals surface area contributed by atoms with Gasteiger partial charge in [0.15, 0.2) is 0 Å². The summed E-state index contributed by atoms with van der Waals surface area (Å²) < 4.78 is 0. The van der Waals surface area contributed by atoms with Crippen LogP contribution in [0.25, 0.3) is 0 Å². The summed E-state index contributed by atoms with van der Waals surface area (Å²) >= 11 is 0. The van der Waals surface area contributed by atoms with Gasteiger partial charge in [-0.25, -0.2) is 0 Å². The van der Waals surface area contributed by atoms with E-state index < -0.39 is 0 Å². The molecule has 0 amide bonds. The van der Waals surface area contributed by atoms with E-state index >= 15 is 0 Å². The highest BCUT2D eigenvalue weighted by molar-refractivity contribution is 5.25. The van der Waals surface area contributed by atoms with Crippen molar-refractivity contribution in [3.05, 3.63) is 35.9 Å². The smallest absolute Gasteiger partial charge is 0.0438 e. The van der Waals surface area contributed by atoms with Crippen LogP contribution in [0.1, 0.15) is 58.4 Å². The summed E-state index contributed by atoms with van der Waals surface area (Å²) in [6.45, 7) is 7.03. The summed E-state index contributed by atoms with van der Waals surface area (Å²) in [5.74, 6) is 2.27. The fourth-order valence-corrected chi connectivity index (χ4v) is 4.11. The molecule has 3 atom stereocenters. The Kier molecular flexibility index (Phi) is 4.67. The number of hydrogen-bond acceptors (Lipinski definition) is 1. The summed E-state index contributed by atoms with van der Waals surface area (Å²) in [5.41, 5.74) is 8.14. The molecule has 2 rings (SSSR count). The summed E-state index contributed by atoms with van der Waals surface area (Å²) in [4.78, 5) is 0. The number of hydrogen-bond donors (Lipinski definition) is 1. The average molecular weight is 259 g/mol. The first-order chi connectivity index (χ1) is 9.06. The van der Waals surface area contributed by atoms with E-state index in [1.54, 1.807) is 0 Å². The highest BCUT2D eigenvalue weighted by Gasteiger charge is 2.39. The lowest BCUT2D eigenvalue weighted by molar-refractivity contribution is 0.126. The Morgan fingerprint density at radius 2 is 1.63 bits per heavy atom. The highest BCUT2D eigenvalue weighted by atomic mass is 14.8. The first-order valence-corrected chi connectivity index (χ1v) is 7.90. The van der Waals surface area contributed by atoms with E-state index in [2.05, 4.69) is 51.1 Å². The van der Waals surface area contributed by atoms with Gasteiger partial charge in [0.1, 0.15) is 0 Å². The molecule has 3 unspecified atom stereocenters. The first kappa shape index (κ1) is 14.6. The quantitative estimate of drug-likeness (QED) is 0.832. The molecule has 1 saturated carbocycles. The van der Waals surface area contributed by atoms with Crippen molar-refractivity contribution in [2.24, 2.45) is 23.5 Å². The van der Waals surface area contributed by atoms with Crippen molar-refractivity contribution in [1.29, 1.82) is 0 Å². The van der Waals surface area contributed by atoms with E-state index in [1.165, 1.54) is 24.8 Å². The van der Waals surface area contributed by atoms with Gasteiger partial charge in [0, 0.05) is 5.54 Å². The zero-order valence-corrected chi connectivity index (χ0v) is 12.7. The van der Waals surface area contributed by atoms with Gasteiger partial charge in [0.05, 0.1) is 0 Å². The molecule has 1 heteroatoms. The summed E-state index contributed by atoms with van der Waals surface area (Å²) in [6, 6.07) is 10.8. The minimum Gasteiger partial charge on any atom is -0.321 e. The van der Waals surface area contributed by atoms with Crippen LogP contribution in [0.3, 0.4) is 0 Å². The lowest BCUT2D eigenvalue weighted by atomic mass is 9.65. The van der Waals surface area contributed by atoms with Crippen LogP contribution in [-0.4, -0.2) is 0 Å². The predicted molar refractivity (Wildman–Crippen MR) is 82.9 cm³/mol. The molecule has 1 aliphatic carbocycles. The van der Waals surface area contributed by atoms with E-state index in [-0.39, 0.29) is 5.54 Å². The third kappa shape index (κ3) is 3.20. The van der Waals surface area contributed by atoms with Gasteiger partial charge in [-0.1, -0.05) is 57.5 Å². The largest absolute Gasteiger partial charge is 0.321 e. The maximum Gasteiger partial charge on any atom is 0.0438 e. The van der Waals surface area contributed by atoms with Crippen molar-refractivity contribution in [3.63, 3.8) is 0 Å². The highest BCUT2D eigenvalue weighted by Crippen LogP contribution is 2.44. The molecule has 1 aliphatic rings. The molecule has 1 nitrogen and oxygen atoms in total. The van der Waals surface area contributed by atoms with Crippen LogP contribution in [0.5, 0.6) is 0 Å². The molecule has 0 saturated heterocycles. The van der Waals surface area contributed by atoms with Gasteiger partial charge >= 0.3 is 0 Å². The molecule has 1 aromatic carbocycles. The van der Waals surface area contributed by atoms with Gasteiger partial charge < -0.3 is 5.73 Å². The molecule has 0 bridgehead atoms. The van der Waals surface area contributed by atoms with E-state index in [0.29, 0.717) is 5.92 Å². The standard InChI is InChI=1S/C18H29N/c1-4-10-18(19,16-8-6-5-7-9-16)17-12-14(2)11-15(3)13-17/h5-9,14-15,17H,4,10-13,19H2,1-3H3. The van der Waals surface area contributed by atoms with Gasteiger partial charge in [-0.2, -0.15) is 0 Å². The van der Waals surface area contributed by atoms with E-state index in [9.17, 15) is 0 Å². The van der Waals surface area contributed by atoms with Gasteiger partial charge in [-0.3, -0.25) is 0 Å². The molecule has 0 spiro atoms. The molecular formula is C18H29N. The lowest BCUT2D eigenvalue weighted by Crippen LogP contribution is -2.46. The first-order valence-electron chi connectivity index (χ1n) is 7.90. The van der Waals surface area contributed by atoms with Gasteiger partial charge in [0.2, 0.25) is 0 Å². The van der Waals surface area contributed by atoms with Crippen molar-refractivity contribution in [2.75, 3.05) is 0 Å². The fourth-order valence-electron chi connectivity index (χ4n) is 4.11. The second-order valence-electron chi connectivity index (χ2n) is 6.77. The van der Waals surface area contributed by atoms with E-state index in [4.69, 9.17) is 5.73 Å². The van der Waals surface area contributed by atoms with Gasteiger partial charge in [-0.05, 0) is 49.0 Å². The zero-order valence-electron chi connectivity index (χ0n) is 12.7. The van der Waals surface area contributed by atoms with Crippen molar-refractivity contribution in [2.45, 2.75) is 58.4 Å². The molecule has 0 radical (unpaired) electrons.